The van der Waals surface area contributed by atoms with E-state index in [1.807, 2.05) is 19.1 Å². The minimum atomic E-state index is -0.835. The van der Waals surface area contributed by atoms with E-state index in [-0.39, 0.29) is 35.7 Å². The van der Waals surface area contributed by atoms with Crippen LogP contribution in [0.4, 0.5) is 19.4 Å². The summed E-state index contributed by atoms with van der Waals surface area (Å²) in [5.74, 6) is -1.54. The van der Waals surface area contributed by atoms with Crippen molar-refractivity contribution < 1.29 is 23.0 Å². The van der Waals surface area contributed by atoms with Gasteiger partial charge in [-0.1, -0.05) is 6.57 Å². The molecule has 5 rings (SSSR count). The summed E-state index contributed by atoms with van der Waals surface area (Å²) >= 11 is 0. The summed E-state index contributed by atoms with van der Waals surface area (Å²) in [5.41, 5.74) is 1.98. The SMILES string of the molecule is [C-]#[N+]c1ccnn1-c1cc(F)c(-c2nc3cc(C)ccn3c2C[C@H]2CN(C(=O)OC)CCO2)c(F)c1. The molecule has 4 heterocycles. The molecule has 1 fully saturated rings. The molecule has 4 aromatic rings. The van der Waals surface area contributed by atoms with Crippen LogP contribution in [0.3, 0.4) is 0 Å². The van der Waals surface area contributed by atoms with Crippen molar-refractivity contribution in [1.82, 2.24) is 24.1 Å². The molecular weight excluding hydrogens is 470 g/mol. The van der Waals surface area contributed by atoms with Crippen molar-refractivity contribution in [2.24, 2.45) is 0 Å². The molecule has 0 aliphatic carbocycles. The average Bonchev–Trinajstić information content (AvgIpc) is 3.48. The molecule has 1 atom stereocenters. The first kappa shape index (κ1) is 23.4. The normalized spacial score (nSPS) is 15.8. The van der Waals surface area contributed by atoms with Gasteiger partial charge in [-0.2, -0.15) is 4.68 Å². The zero-order valence-corrected chi connectivity index (χ0v) is 19.6. The molecule has 184 valence electrons. The fraction of sp³-hybridized carbons (Fsp3) is 0.280. The van der Waals surface area contributed by atoms with Gasteiger partial charge in [0.15, 0.2) is 0 Å². The van der Waals surface area contributed by atoms with Crippen LogP contribution in [0.5, 0.6) is 0 Å². The molecule has 11 heteroatoms. The van der Waals surface area contributed by atoms with Crippen LogP contribution in [0.15, 0.2) is 42.7 Å². The van der Waals surface area contributed by atoms with Crippen LogP contribution in [-0.2, 0) is 15.9 Å². The molecule has 9 nitrogen and oxygen atoms in total. The van der Waals surface area contributed by atoms with E-state index in [1.165, 1.54) is 29.0 Å². The number of aryl methyl sites for hydroxylation is 1. The number of amides is 1. The zero-order chi connectivity index (χ0) is 25.4. The molecule has 3 aromatic heterocycles. The quantitative estimate of drug-likeness (QED) is 0.396. The van der Waals surface area contributed by atoms with Gasteiger partial charge in [0.1, 0.15) is 23.0 Å². The number of halogens is 2. The summed E-state index contributed by atoms with van der Waals surface area (Å²) < 4.78 is 44.6. The Bertz CT molecular complexity index is 1480. The van der Waals surface area contributed by atoms with Crippen molar-refractivity contribution >= 4 is 17.6 Å². The summed E-state index contributed by atoms with van der Waals surface area (Å²) in [6.45, 7) is 10.1. The van der Waals surface area contributed by atoms with Gasteiger partial charge >= 0.3 is 6.09 Å². The molecular formula is C25H22F2N6O3. The predicted octanol–water partition coefficient (Wildman–Crippen LogP) is 4.33. The monoisotopic (exact) mass is 492 g/mol. The lowest BCUT2D eigenvalue weighted by Gasteiger charge is -2.32. The number of hydrogen-bond acceptors (Lipinski definition) is 5. The maximum absolute atomic E-state index is 15.5. The second-order valence-electron chi connectivity index (χ2n) is 8.45. The van der Waals surface area contributed by atoms with Crippen molar-refractivity contribution in [3.8, 4) is 16.9 Å². The van der Waals surface area contributed by atoms with Gasteiger partial charge in [-0.3, -0.25) is 0 Å². The van der Waals surface area contributed by atoms with Crippen LogP contribution in [-0.4, -0.2) is 63.1 Å². The first-order valence-corrected chi connectivity index (χ1v) is 11.2. The van der Waals surface area contributed by atoms with Gasteiger partial charge in [-0.15, -0.1) is 5.10 Å². The van der Waals surface area contributed by atoms with E-state index in [0.29, 0.717) is 24.5 Å². The minimum absolute atomic E-state index is 0.0928. The highest BCUT2D eigenvalue weighted by Crippen LogP contribution is 2.33. The number of imidazole rings is 1. The van der Waals surface area contributed by atoms with Crippen LogP contribution in [0, 0.1) is 25.1 Å². The van der Waals surface area contributed by atoms with E-state index >= 15 is 8.78 Å². The fourth-order valence-corrected chi connectivity index (χ4v) is 4.43. The maximum atomic E-state index is 15.5. The number of fused-ring (bicyclic) bond motifs is 1. The average molecular weight is 492 g/mol. The fourth-order valence-electron chi connectivity index (χ4n) is 4.43. The number of hydrogen-bond donors (Lipinski definition) is 0. The Balaban J connectivity index is 1.59. The highest BCUT2D eigenvalue weighted by atomic mass is 19.1. The number of aromatic nitrogens is 4. The second-order valence-corrected chi connectivity index (χ2v) is 8.45. The van der Waals surface area contributed by atoms with Crippen molar-refractivity contribution in [1.29, 1.82) is 0 Å². The number of morpholine rings is 1. The van der Waals surface area contributed by atoms with Crippen molar-refractivity contribution in [2.75, 3.05) is 26.8 Å². The Morgan fingerprint density at radius 1 is 1.28 bits per heavy atom. The molecule has 1 aromatic carbocycles. The van der Waals surface area contributed by atoms with Gasteiger partial charge in [-0.05, 0) is 30.7 Å². The van der Waals surface area contributed by atoms with Gasteiger partial charge < -0.3 is 23.6 Å². The summed E-state index contributed by atoms with van der Waals surface area (Å²) in [5, 5.41) is 4.00. The molecule has 1 amide bonds. The van der Waals surface area contributed by atoms with Crippen LogP contribution >= 0.6 is 0 Å². The van der Waals surface area contributed by atoms with Crippen molar-refractivity contribution in [3.05, 3.63) is 77.0 Å². The van der Waals surface area contributed by atoms with Crippen LogP contribution in [0.1, 0.15) is 11.3 Å². The second kappa shape index (κ2) is 9.39. The van der Waals surface area contributed by atoms with Gasteiger partial charge in [0.05, 0.1) is 49.5 Å². The number of pyridine rings is 1. The smallest absolute Gasteiger partial charge is 0.409 e. The Morgan fingerprint density at radius 3 is 2.78 bits per heavy atom. The van der Waals surface area contributed by atoms with Crippen molar-refractivity contribution in [2.45, 2.75) is 19.4 Å². The molecule has 1 aliphatic heterocycles. The molecule has 0 unspecified atom stereocenters. The van der Waals surface area contributed by atoms with E-state index in [1.54, 1.807) is 10.6 Å². The molecule has 0 bridgehead atoms. The third-order valence-electron chi connectivity index (χ3n) is 6.12. The number of nitrogens with zero attached hydrogens (tertiary/aromatic N) is 6. The molecule has 0 saturated carbocycles. The third kappa shape index (κ3) is 4.16. The largest absolute Gasteiger partial charge is 0.453 e. The standard InChI is InChI=1S/C25H22F2N6O3/c1-15-5-7-32-20(13-17-14-31(8-9-36-17)25(34)35-3)24(30-22(32)10-15)23-18(26)11-16(12-19(23)27)33-21(28-2)4-6-29-33/h4-7,10-12,17H,8-9,13-14H2,1,3H3/t17-/m0/s1. The molecule has 0 radical (unpaired) electrons. The number of carbonyl (C=O) groups excluding carboxylic acids is 1. The third-order valence-corrected chi connectivity index (χ3v) is 6.12. The lowest BCUT2D eigenvalue weighted by Crippen LogP contribution is -2.46. The Labute approximate surface area is 205 Å². The molecule has 0 N–H and O–H groups in total. The summed E-state index contributed by atoms with van der Waals surface area (Å²) in [4.78, 5) is 21.5. The van der Waals surface area contributed by atoms with Gasteiger partial charge in [0.2, 0.25) is 0 Å². The topological polar surface area (TPSA) is 78.3 Å². The minimum Gasteiger partial charge on any atom is -0.453 e. The van der Waals surface area contributed by atoms with E-state index in [4.69, 9.17) is 16.0 Å². The number of benzene rings is 1. The Kier molecular flexibility index (Phi) is 6.12. The molecule has 0 spiro atoms. The van der Waals surface area contributed by atoms with Crippen LogP contribution in [0.25, 0.3) is 27.4 Å². The van der Waals surface area contributed by atoms with Gasteiger partial charge in [0, 0.05) is 31.3 Å². The first-order valence-electron chi connectivity index (χ1n) is 11.2. The number of rotatable bonds is 4. The molecule has 36 heavy (non-hydrogen) atoms. The first-order chi connectivity index (χ1) is 17.4. The summed E-state index contributed by atoms with van der Waals surface area (Å²) in [6.07, 6.45) is 2.57. The summed E-state index contributed by atoms with van der Waals surface area (Å²) in [7, 11) is 1.32. The highest BCUT2D eigenvalue weighted by molar-refractivity contribution is 5.70. The Hall–Kier alpha value is -4.30. The Morgan fingerprint density at radius 2 is 2.06 bits per heavy atom. The summed E-state index contributed by atoms with van der Waals surface area (Å²) in [6, 6.07) is 7.43. The van der Waals surface area contributed by atoms with Gasteiger partial charge in [-0.25, -0.2) is 18.6 Å². The highest BCUT2D eigenvalue weighted by Gasteiger charge is 2.29. The lowest BCUT2D eigenvalue weighted by molar-refractivity contribution is -0.0241. The zero-order valence-electron chi connectivity index (χ0n) is 19.6. The van der Waals surface area contributed by atoms with Crippen LogP contribution in [0.2, 0.25) is 0 Å². The lowest BCUT2D eigenvalue weighted by atomic mass is 10.0. The predicted molar refractivity (Wildman–Crippen MR) is 126 cm³/mol. The number of methoxy groups -OCH3 is 1. The van der Waals surface area contributed by atoms with E-state index in [2.05, 4.69) is 14.9 Å². The van der Waals surface area contributed by atoms with E-state index in [0.717, 1.165) is 17.7 Å². The maximum Gasteiger partial charge on any atom is 0.409 e. The molecule has 1 aliphatic rings. The van der Waals surface area contributed by atoms with Crippen LogP contribution < -0.4 is 0 Å². The number of ether oxygens (including phenoxy) is 2. The van der Waals surface area contributed by atoms with Crippen molar-refractivity contribution in [3.63, 3.8) is 0 Å². The van der Waals surface area contributed by atoms with E-state index < -0.39 is 23.8 Å². The van der Waals surface area contributed by atoms with E-state index in [9.17, 15) is 4.79 Å². The molecule has 1 saturated heterocycles. The van der Waals surface area contributed by atoms with Gasteiger partial charge in [0.25, 0.3) is 5.82 Å². The number of carbonyl (C=O) groups is 1.